The van der Waals surface area contributed by atoms with E-state index in [1.54, 1.807) is 0 Å². The summed E-state index contributed by atoms with van der Waals surface area (Å²) in [6.07, 6.45) is 8.06. The Morgan fingerprint density at radius 3 is 2.59 bits per heavy atom. The highest BCUT2D eigenvalue weighted by Crippen LogP contribution is 2.18. The summed E-state index contributed by atoms with van der Waals surface area (Å²) >= 11 is 0. The minimum absolute atomic E-state index is 0.228. The van der Waals surface area contributed by atoms with Crippen LogP contribution in [-0.2, 0) is 4.79 Å². The van der Waals surface area contributed by atoms with E-state index in [4.69, 9.17) is 0 Å². The van der Waals surface area contributed by atoms with Gasteiger partial charge in [-0.25, -0.2) is 0 Å². The first-order valence-electron chi connectivity index (χ1n) is 7.29. The van der Waals surface area contributed by atoms with Crippen LogP contribution in [0, 0.1) is 5.92 Å². The molecule has 1 atom stereocenters. The van der Waals surface area contributed by atoms with Crippen LogP contribution in [0.4, 0.5) is 0 Å². The Labute approximate surface area is 106 Å². The molecular formula is C14H28N2O. The van der Waals surface area contributed by atoms with Gasteiger partial charge < -0.3 is 10.6 Å². The first-order valence-corrected chi connectivity index (χ1v) is 7.29. The van der Waals surface area contributed by atoms with E-state index in [0.29, 0.717) is 0 Å². The summed E-state index contributed by atoms with van der Waals surface area (Å²) in [4.78, 5) is 11.9. The molecule has 0 aromatic heterocycles. The van der Waals surface area contributed by atoms with E-state index in [-0.39, 0.29) is 11.8 Å². The van der Waals surface area contributed by atoms with Crippen molar-refractivity contribution in [3.63, 3.8) is 0 Å². The summed E-state index contributed by atoms with van der Waals surface area (Å²) < 4.78 is 0. The van der Waals surface area contributed by atoms with Crippen LogP contribution >= 0.6 is 0 Å². The summed E-state index contributed by atoms with van der Waals surface area (Å²) in [5.41, 5.74) is 0. The van der Waals surface area contributed by atoms with E-state index in [1.165, 1.54) is 19.3 Å². The van der Waals surface area contributed by atoms with Crippen LogP contribution in [-0.4, -0.2) is 25.0 Å². The molecule has 0 aromatic rings. The van der Waals surface area contributed by atoms with Gasteiger partial charge in [0, 0.05) is 18.5 Å². The van der Waals surface area contributed by atoms with Crippen LogP contribution in [0.5, 0.6) is 0 Å². The van der Waals surface area contributed by atoms with Gasteiger partial charge >= 0.3 is 0 Å². The monoisotopic (exact) mass is 240 g/mol. The van der Waals surface area contributed by atoms with E-state index in [2.05, 4.69) is 24.5 Å². The zero-order chi connectivity index (χ0) is 12.5. The fourth-order valence-electron chi connectivity index (χ4n) is 2.01. The van der Waals surface area contributed by atoms with Crippen molar-refractivity contribution >= 4 is 5.91 Å². The standard InChI is InChI=1S/C14H28N2O/c1-3-5-7-12(4-2)14(17)16-11-6-10-15-13-8-9-13/h12-13,15H,3-11H2,1-2H3,(H,16,17). The summed E-state index contributed by atoms with van der Waals surface area (Å²) in [5.74, 6) is 0.485. The second-order valence-corrected chi connectivity index (χ2v) is 5.12. The van der Waals surface area contributed by atoms with Crippen LogP contribution in [0.3, 0.4) is 0 Å². The fourth-order valence-corrected chi connectivity index (χ4v) is 2.01. The smallest absolute Gasteiger partial charge is 0.223 e. The molecule has 1 rings (SSSR count). The molecule has 0 heterocycles. The molecule has 1 fully saturated rings. The van der Waals surface area contributed by atoms with Gasteiger partial charge in [0.1, 0.15) is 0 Å². The Balaban J connectivity index is 2.00. The average Bonchev–Trinajstić information content (AvgIpc) is 3.13. The molecular weight excluding hydrogens is 212 g/mol. The predicted octanol–water partition coefficient (Wildman–Crippen LogP) is 2.46. The molecule has 0 saturated heterocycles. The zero-order valence-electron chi connectivity index (χ0n) is 11.4. The van der Waals surface area contributed by atoms with Crippen LogP contribution in [0.1, 0.15) is 58.8 Å². The van der Waals surface area contributed by atoms with E-state index < -0.39 is 0 Å². The SMILES string of the molecule is CCCCC(CC)C(=O)NCCCNC1CC1. The van der Waals surface area contributed by atoms with Crippen LogP contribution in [0.2, 0.25) is 0 Å². The summed E-state index contributed by atoms with van der Waals surface area (Å²) in [6, 6.07) is 0.777. The molecule has 3 heteroatoms. The third-order valence-electron chi connectivity index (χ3n) is 3.43. The lowest BCUT2D eigenvalue weighted by Crippen LogP contribution is -2.32. The van der Waals surface area contributed by atoms with Gasteiger partial charge in [0.15, 0.2) is 0 Å². The van der Waals surface area contributed by atoms with Gasteiger partial charge in [0.05, 0.1) is 0 Å². The highest BCUT2D eigenvalue weighted by Gasteiger charge is 2.19. The normalized spacial score (nSPS) is 16.8. The quantitative estimate of drug-likeness (QED) is 0.576. The summed E-state index contributed by atoms with van der Waals surface area (Å²) in [5, 5.41) is 6.51. The molecule has 0 spiro atoms. The Morgan fingerprint density at radius 1 is 1.24 bits per heavy atom. The second-order valence-electron chi connectivity index (χ2n) is 5.12. The first kappa shape index (κ1) is 14.5. The highest BCUT2D eigenvalue weighted by molar-refractivity contribution is 5.78. The number of unbranched alkanes of at least 4 members (excludes halogenated alkanes) is 1. The molecule has 1 aliphatic rings. The van der Waals surface area contributed by atoms with Gasteiger partial charge in [-0.3, -0.25) is 4.79 Å². The molecule has 1 amide bonds. The maximum absolute atomic E-state index is 11.9. The lowest BCUT2D eigenvalue weighted by Gasteiger charge is -2.14. The highest BCUT2D eigenvalue weighted by atomic mass is 16.1. The number of hydrogen-bond acceptors (Lipinski definition) is 2. The molecule has 0 bridgehead atoms. The van der Waals surface area contributed by atoms with Crippen LogP contribution in [0.25, 0.3) is 0 Å². The molecule has 3 nitrogen and oxygen atoms in total. The van der Waals surface area contributed by atoms with Crippen molar-refractivity contribution in [2.75, 3.05) is 13.1 Å². The Morgan fingerprint density at radius 2 is 2.00 bits per heavy atom. The van der Waals surface area contributed by atoms with Crippen molar-refractivity contribution in [3.8, 4) is 0 Å². The van der Waals surface area contributed by atoms with E-state index in [1.807, 2.05) is 0 Å². The van der Waals surface area contributed by atoms with Crippen LogP contribution in [0.15, 0.2) is 0 Å². The Bertz CT molecular complexity index is 214. The second kappa shape index (κ2) is 8.51. The average molecular weight is 240 g/mol. The lowest BCUT2D eigenvalue weighted by atomic mass is 9.98. The lowest BCUT2D eigenvalue weighted by molar-refractivity contribution is -0.125. The van der Waals surface area contributed by atoms with Crippen LogP contribution < -0.4 is 10.6 Å². The van der Waals surface area contributed by atoms with E-state index in [9.17, 15) is 4.79 Å². The van der Waals surface area contributed by atoms with Gasteiger partial charge in [0.2, 0.25) is 5.91 Å². The molecule has 1 unspecified atom stereocenters. The Kier molecular flexibility index (Phi) is 7.25. The first-order chi connectivity index (χ1) is 8.27. The minimum atomic E-state index is 0.228. The fraction of sp³-hybridized carbons (Fsp3) is 0.929. The minimum Gasteiger partial charge on any atom is -0.356 e. The zero-order valence-corrected chi connectivity index (χ0v) is 11.4. The molecule has 0 aromatic carbocycles. The number of carbonyl (C=O) groups is 1. The van der Waals surface area contributed by atoms with Gasteiger partial charge in [0.25, 0.3) is 0 Å². The maximum atomic E-state index is 11.9. The summed E-state index contributed by atoms with van der Waals surface area (Å²) in [6.45, 7) is 6.14. The third kappa shape index (κ3) is 6.67. The molecule has 0 radical (unpaired) electrons. The van der Waals surface area contributed by atoms with Gasteiger partial charge in [-0.05, 0) is 38.6 Å². The van der Waals surface area contributed by atoms with Crippen molar-refractivity contribution in [3.05, 3.63) is 0 Å². The predicted molar refractivity (Wildman–Crippen MR) is 72.0 cm³/mol. The maximum Gasteiger partial charge on any atom is 0.223 e. The molecule has 1 saturated carbocycles. The molecule has 2 N–H and O–H groups in total. The molecule has 100 valence electrons. The van der Waals surface area contributed by atoms with E-state index >= 15 is 0 Å². The molecule has 0 aliphatic heterocycles. The number of hydrogen-bond donors (Lipinski definition) is 2. The van der Waals surface area contributed by atoms with Crippen molar-refractivity contribution in [2.24, 2.45) is 5.92 Å². The third-order valence-corrected chi connectivity index (χ3v) is 3.43. The van der Waals surface area contributed by atoms with Gasteiger partial charge in [-0.15, -0.1) is 0 Å². The topological polar surface area (TPSA) is 41.1 Å². The molecule has 17 heavy (non-hydrogen) atoms. The van der Waals surface area contributed by atoms with Crippen molar-refractivity contribution < 1.29 is 4.79 Å². The number of nitrogens with one attached hydrogen (secondary N) is 2. The number of rotatable bonds is 10. The number of amides is 1. The Hall–Kier alpha value is -0.570. The van der Waals surface area contributed by atoms with Crippen molar-refractivity contribution in [1.82, 2.24) is 10.6 Å². The van der Waals surface area contributed by atoms with Crippen molar-refractivity contribution in [2.45, 2.75) is 64.8 Å². The van der Waals surface area contributed by atoms with E-state index in [0.717, 1.165) is 44.8 Å². The van der Waals surface area contributed by atoms with Crippen molar-refractivity contribution in [1.29, 1.82) is 0 Å². The summed E-state index contributed by atoms with van der Waals surface area (Å²) in [7, 11) is 0. The van der Waals surface area contributed by atoms with Gasteiger partial charge in [-0.2, -0.15) is 0 Å². The molecule has 1 aliphatic carbocycles. The number of carbonyl (C=O) groups excluding carboxylic acids is 1. The van der Waals surface area contributed by atoms with Gasteiger partial charge in [-0.1, -0.05) is 26.7 Å². The largest absolute Gasteiger partial charge is 0.356 e.